The fraction of sp³-hybridized carbons (Fsp3) is 0.125. The van der Waals surface area contributed by atoms with Crippen LogP contribution in [0.5, 0.6) is 0 Å². The van der Waals surface area contributed by atoms with E-state index in [1.54, 1.807) is 18.3 Å². The number of hydrogen-bond acceptors (Lipinski definition) is 6. The van der Waals surface area contributed by atoms with Crippen molar-refractivity contribution >= 4 is 5.82 Å². The average Bonchev–Trinajstić information content (AvgIpc) is 3.06. The van der Waals surface area contributed by atoms with Gasteiger partial charge in [0, 0.05) is 11.8 Å². The van der Waals surface area contributed by atoms with Gasteiger partial charge >= 0.3 is 0 Å². The number of nitriles is 1. The molecule has 0 aliphatic carbocycles. The van der Waals surface area contributed by atoms with E-state index >= 15 is 0 Å². The zero-order chi connectivity index (χ0) is 15.4. The van der Waals surface area contributed by atoms with Gasteiger partial charge in [-0.15, -0.1) is 0 Å². The third kappa shape index (κ3) is 2.79. The molecule has 3 aromatic rings. The number of anilines is 1. The van der Waals surface area contributed by atoms with E-state index in [0.29, 0.717) is 23.1 Å². The van der Waals surface area contributed by atoms with E-state index < -0.39 is 0 Å². The highest BCUT2D eigenvalue weighted by molar-refractivity contribution is 5.53. The predicted molar refractivity (Wildman–Crippen MR) is 80.7 cm³/mol. The highest BCUT2D eigenvalue weighted by atomic mass is 16.5. The largest absolute Gasteiger partial charge is 0.359 e. The SMILES string of the molecule is CC(Nc1ncccc1C#N)c1noc(-c2ccccc2)n1. The van der Waals surface area contributed by atoms with Gasteiger partial charge in [0.2, 0.25) is 0 Å². The molecular weight excluding hydrogens is 278 g/mol. The first-order chi connectivity index (χ1) is 10.8. The number of nitrogens with one attached hydrogen (secondary N) is 1. The van der Waals surface area contributed by atoms with Crippen molar-refractivity contribution in [2.24, 2.45) is 0 Å². The summed E-state index contributed by atoms with van der Waals surface area (Å²) in [5.41, 5.74) is 1.34. The Morgan fingerprint density at radius 1 is 1.18 bits per heavy atom. The molecule has 1 N–H and O–H groups in total. The van der Waals surface area contributed by atoms with Crippen LogP contribution in [-0.4, -0.2) is 15.1 Å². The van der Waals surface area contributed by atoms with Crippen LogP contribution in [0.3, 0.4) is 0 Å². The van der Waals surface area contributed by atoms with Gasteiger partial charge in [0.15, 0.2) is 5.82 Å². The van der Waals surface area contributed by atoms with Crippen molar-refractivity contribution in [2.45, 2.75) is 13.0 Å². The second kappa shape index (κ2) is 6.06. The average molecular weight is 291 g/mol. The minimum absolute atomic E-state index is 0.233. The first-order valence-corrected chi connectivity index (χ1v) is 6.78. The number of hydrogen-bond donors (Lipinski definition) is 1. The molecule has 0 bridgehead atoms. The Morgan fingerprint density at radius 3 is 2.77 bits per heavy atom. The van der Waals surface area contributed by atoms with Crippen LogP contribution in [0.1, 0.15) is 24.4 Å². The summed E-state index contributed by atoms with van der Waals surface area (Å²) < 4.78 is 5.28. The van der Waals surface area contributed by atoms with E-state index in [0.717, 1.165) is 5.56 Å². The zero-order valence-corrected chi connectivity index (χ0v) is 11.9. The molecule has 2 aromatic heterocycles. The highest BCUT2D eigenvalue weighted by Crippen LogP contribution is 2.21. The summed E-state index contributed by atoms with van der Waals surface area (Å²) in [6.07, 6.45) is 1.63. The van der Waals surface area contributed by atoms with Gasteiger partial charge < -0.3 is 9.84 Å². The molecule has 22 heavy (non-hydrogen) atoms. The number of benzene rings is 1. The lowest BCUT2D eigenvalue weighted by atomic mass is 10.2. The van der Waals surface area contributed by atoms with Crippen LogP contribution in [0.15, 0.2) is 53.2 Å². The summed E-state index contributed by atoms with van der Waals surface area (Å²) in [6.45, 7) is 1.88. The fourth-order valence-electron chi connectivity index (χ4n) is 1.99. The zero-order valence-electron chi connectivity index (χ0n) is 11.9. The van der Waals surface area contributed by atoms with Gasteiger partial charge in [-0.3, -0.25) is 0 Å². The Kier molecular flexibility index (Phi) is 3.79. The van der Waals surface area contributed by atoms with E-state index in [1.165, 1.54) is 0 Å². The molecule has 0 fully saturated rings. The van der Waals surface area contributed by atoms with Gasteiger partial charge in [-0.1, -0.05) is 23.4 Å². The first kappa shape index (κ1) is 13.8. The van der Waals surface area contributed by atoms with E-state index in [2.05, 4.69) is 26.5 Å². The number of pyridine rings is 1. The third-order valence-electron chi connectivity index (χ3n) is 3.13. The van der Waals surface area contributed by atoms with Crippen molar-refractivity contribution in [3.63, 3.8) is 0 Å². The molecule has 108 valence electrons. The molecule has 0 aliphatic rings. The van der Waals surface area contributed by atoms with E-state index in [9.17, 15) is 0 Å². The van der Waals surface area contributed by atoms with Gasteiger partial charge in [-0.05, 0) is 31.2 Å². The van der Waals surface area contributed by atoms with E-state index in [-0.39, 0.29) is 6.04 Å². The molecule has 1 unspecified atom stereocenters. The maximum atomic E-state index is 9.07. The molecule has 2 heterocycles. The van der Waals surface area contributed by atoms with Gasteiger partial charge in [0.05, 0.1) is 11.6 Å². The molecule has 0 amide bonds. The Balaban J connectivity index is 1.80. The predicted octanol–water partition coefficient (Wildman–Crippen LogP) is 3.18. The van der Waals surface area contributed by atoms with E-state index in [4.69, 9.17) is 9.78 Å². The minimum Gasteiger partial charge on any atom is -0.359 e. The van der Waals surface area contributed by atoms with Crippen LogP contribution in [0.2, 0.25) is 0 Å². The van der Waals surface area contributed by atoms with Gasteiger partial charge in [-0.2, -0.15) is 10.2 Å². The molecule has 6 heteroatoms. The van der Waals surface area contributed by atoms with Crippen LogP contribution < -0.4 is 5.32 Å². The Bertz CT molecular complexity index is 807. The lowest BCUT2D eigenvalue weighted by Crippen LogP contribution is -2.10. The fourth-order valence-corrected chi connectivity index (χ4v) is 1.99. The maximum absolute atomic E-state index is 9.07. The minimum atomic E-state index is -0.233. The lowest BCUT2D eigenvalue weighted by Gasteiger charge is -2.11. The molecule has 0 spiro atoms. The van der Waals surface area contributed by atoms with Gasteiger partial charge in [0.25, 0.3) is 5.89 Å². The van der Waals surface area contributed by atoms with Crippen LogP contribution in [0.4, 0.5) is 5.82 Å². The molecule has 1 atom stereocenters. The van der Waals surface area contributed by atoms with Crippen molar-refractivity contribution in [3.05, 3.63) is 60.0 Å². The quantitative estimate of drug-likeness (QED) is 0.794. The Morgan fingerprint density at radius 2 is 2.00 bits per heavy atom. The molecule has 0 saturated heterocycles. The van der Waals surface area contributed by atoms with Crippen molar-refractivity contribution < 1.29 is 4.52 Å². The molecule has 6 nitrogen and oxygen atoms in total. The topological polar surface area (TPSA) is 87.6 Å². The van der Waals surface area contributed by atoms with Crippen LogP contribution in [0.25, 0.3) is 11.5 Å². The second-order valence-corrected chi connectivity index (χ2v) is 4.70. The first-order valence-electron chi connectivity index (χ1n) is 6.78. The molecular formula is C16H13N5O. The van der Waals surface area contributed by atoms with Crippen molar-refractivity contribution in [1.29, 1.82) is 5.26 Å². The molecule has 0 saturated carbocycles. The van der Waals surface area contributed by atoms with Crippen molar-refractivity contribution in [2.75, 3.05) is 5.32 Å². The summed E-state index contributed by atoms with van der Waals surface area (Å²) in [7, 11) is 0. The highest BCUT2D eigenvalue weighted by Gasteiger charge is 2.16. The molecule has 3 rings (SSSR count). The summed E-state index contributed by atoms with van der Waals surface area (Å²) in [5, 5.41) is 16.2. The standard InChI is InChI=1S/C16H13N5O/c1-11(19-15-13(10-17)8-5-9-18-15)14-20-16(22-21-14)12-6-3-2-4-7-12/h2-9,11H,1H3,(H,18,19). The Labute approximate surface area is 127 Å². The Hall–Kier alpha value is -3.20. The molecule has 1 aromatic carbocycles. The number of rotatable bonds is 4. The maximum Gasteiger partial charge on any atom is 0.257 e. The number of nitrogens with zero attached hydrogens (tertiary/aromatic N) is 4. The summed E-state index contributed by atoms with van der Waals surface area (Å²) >= 11 is 0. The lowest BCUT2D eigenvalue weighted by molar-refractivity contribution is 0.419. The smallest absolute Gasteiger partial charge is 0.257 e. The van der Waals surface area contributed by atoms with Crippen LogP contribution in [0, 0.1) is 11.3 Å². The number of aromatic nitrogens is 3. The van der Waals surface area contributed by atoms with Gasteiger partial charge in [0.1, 0.15) is 11.9 Å². The van der Waals surface area contributed by atoms with Gasteiger partial charge in [-0.25, -0.2) is 4.98 Å². The van der Waals surface area contributed by atoms with Crippen molar-refractivity contribution in [3.8, 4) is 17.5 Å². The summed E-state index contributed by atoms with van der Waals surface area (Å²) in [6, 6.07) is 14.8. The second-order valence-electron chi connectivity index (χ2n) is 4.70. The summed E-state index contributed by atoms with van der Waals surface area (Å²) in [4.78, 5) is 8.54. The van der Waals surface area contributed by atoms with E-state index in [1.807, 2.05) is 37.3 Å². The normalized spacial score (nSPS) is 11.6. The molecule has 0 aliphatic heterocycles. The van der Waals surface area contributed by atoms with Crippen LogP contribution in [-0.2, 0) is 0 Å². The van der Waals surface area contributed by atoms with Crippen LogP contribution >= 0.6 is 0 Å². The monoisotopic (exact) mass is 291 g/mol. The third-order valence-corrected chi connectivity index (χ3v) is 3.13. The molecule has 0 radical (unpaired) electrons. The van der Waals surface area contributed by atoms with Crippen molar-refractivity contribution in [1.82, 2.24) is 15.1 Å². The summed E-state index contributed by atoms with van der Waals surface area (Å²) in [5.74, 6) is 1.47.